The van der Waals surface area contributed by atoms with Crippen molar-refractivity contribution in [3.63, 3.8) is 0 Å². The number of methoxy groups -OCH3 is 1. The third kappa shape index (κ3) is 5.95. The fraction of sp³-hybridized carbons (Fsp3) is 0.562. The van der Waals surface area contributed by atoms with Crippen molar-refractivity contribution in [3.8, 4) is 11.5 Å². The minimum atomic E-state index is 0.0665. The van der Waals surface area contributed by atoms with Gasteiger partial charge in [-0.3, -0.25) is 4.79 Å². The van der Waals surface area contributed by atoms with Gasteiger partial charge in [-0.2, -0.15) is 0 Å². The van der Waals surface area contributed by atoms with Gasteiger partial charge in [-0.05, 0) is 24.1 Å². The molecule has 1 aromatic carbocycles. The highest BCUT2D eigenvalue weighted by Crippen LogP contribution is 2.26. The summed E-state index contributed by atoms with van der Waals surface area (Å²) in [6.45, 7) is 2.61. The van der Waals surface area contributed by atoms with Crippen LogP contribution in [-0.2, 0) is 11.3 Å². The Bertz CT molecular complexity index is 418. The van der Waals surface area contributed by atoms with E-state index in [1.807, 2.05) is 6.07 Å². The molecule has 1 amide bonds. The maximum Gasteiger partial charge on any atom is 0.220 e. The molecule has 4 heteroatoms. The van der Waals surface area contributed by atoms with Crippen LogP contribution >= 0.6 is 0 Å². The first-order valence-corrected chi connectivity index (χ1v) is 7.30. The van der Waals surface area contributed by atoms with Crippen LogP contribution in [-0.4, -0.2) is 18.1 Å². The van der Waals surface area contributed by atoms with Crippen LogP contribution in [0.2, 0.25) is 0 Å². The van der Waals surface area contributed by atoms with Gasteiger partial charge in [-0.25, -0.2) is 0 Å². The molecule has 0 radical (unpaired) electrons. The van der Waals surface area contributed by atoms with Crippen LogP contribution < -0.4 is 10.1 Å². The monoisotopic (exact) mass is 279 g/mol. The minimum Gasteiger partial charge on any atom is -0.504 e. The number of carbonyl (C=O) groups is 1. The summed E-state index contributed by atoms with van der Waals surface area (Å²) in [4.78, 5) is 11.7. The SMILES string of the molecule is CCCCCCCC(=O)NCc1ccc(OC)c(O)c1. The lowest BCUT2D eigenvalue weighted by atomic mass is 10.1. The molecule has 0 aliphatic carbocycles. The van der Waals surface area contributed by atoms with E-state index in [0.717, 1.165) is 18.4 Å². The van der Waals surface area contributed by atoms with Gasteiger partial charge in [-0.15, -0.1) is 0 Å². The van der Waals surface area contributed by atoms with E-state index in [9.17, 15) is 9.90 Å². The van der Waals surface area contributed by atoms with Crippen LogP contribution in [0.25, 0.3) is 0 Å². The first-order valence-electron chi connectivity index (χ1n) is 7.30. The van der Waals surface area contributed by atoms with Crippen LogP contribution in [0.1, 0.15) is 51.0 Å². The number of rotatable bonds is 9. The van der Waals surface area contributed by atoms with E-state index in [2.05, 4.69) is 12.2 Å². The van der Waals surface area contributed by atoms with E-state index in [0.29, 0.717) is 18.7 Å². The molecule has 0 spiro atoms. The lowest BCUT2D eigenvalue weighted by Crippen LogP contribution is -2.22. The molecular formula is C16H25NO3. The van der Waals surface area contributed by atoms with Gasteiger partial charge >= 0.3 is 0 Å². The summed E-state index contributed by atoms with van der Waals surface area (Å²) in [6.07, 6.45) is 6.30. The van der Waals surface area contributed by atoms with Gasteiger partial charge in [0.25, 0.3) is 0 Å². The predicted molar refractivity (Wildman–Crippen MR) is 79.9 cm³/mol. The van der Waals surface area contributed by atoms with E-state index in [4.69, 9.17) is 4.74 Å². The van der Waals surface area contributed by atoms with Gasteiger partial charge in [0.05, 0.1) is 7.11 Å². The number of hydrogen-bond acceptors (Lipinski definition) is 3. The fourth-order valence-corrected chi connectivity index (χ4v) is 2.02. The second-order valence-electron chi connectivity index (χ2n) is 4.95. The Kier molecular flexibility index (Phi) is 7.55. The molecule has 0 saturated carbocycles. The number of amides is 1. The quantitative estimate of drug-likeness (QED) is 0.681. The number of unbranched alkanes of at least 4 members (excludes halogenated alkanes) is 4. The molecule has 0 saturated heterocycles. The molecule has 0 aromatic heterocycles. The van der Waals surface area contributed by atoms with Crippen molar-refractivity contribution >= 4 is 5.91 Å². The molecule has 0 aliphatic heterocycles. The lowest BCUT2D eigenvalue weighted by molar-refractivity contribution is -0.121. The highest BCUT2D eigenvalue weighted by Gasteiger charge is 2.04. The fourth-order valence-electron chi connectivity index (χ4n) is 2.02. The van der Waals surface area contributed by atoms with Gasteiger partial charge in [0, 0.05) is 13.0 Å². The Hall–Kier alpha value is -1.71. The minimum absolute atomic E-state index is 0.0665. The Morgan fingerprint density at radius 1 is 1.25 bits per heavy atom. The number of carbonyl (C=O) groups excluding carboxylic acids is 1. The van der Waals surface area contributed by atoms with Crippen LogP contribution in [0.15, 0.2) is 18.2 Å². The topological polar surface area (TPSA) is 58.6 Å². The maximum absolute atomic E-state index is 11.7. The zero-order valence-electron chi connectivity index (χ0n) is 12.4. The third-order valence-corrected chi connectivity index (χ3v) is 3.24. The number of ether oxygens (including phenoxy) is 1. The number of phenols is 1. The molecule has 20 heavy (non-hydrogen) atoms. The van der Waals surface area contributed by atoms with Gasteiger partial charge in [-0.1, -0.05) is 38.7 Å². The molecule has 0 aliphatic rings. The molecule has 112 valence electrons. The normalized spacial score (nSPS) is 10.3. The van der Waals surface area contributed by atoms with Gasteiger partial charge in [0.15, 0.2) is 11.5 Å². The van der Waals surface area contributed by atoms with Gasteiger partial charge in [0.1, 0.15) is 0 Å². The van der Waals surface area contributed by atoms with Crippen LogP contribution in [0.3, 0.4) is 0 Å². The summed E-state index contributed by atoms with van der Waals surface area (Å²) in [5, 5.41) is 12.5. The van der Waals surface area contributed by atoms with E-state index < -0.39 is 0 Å². The molecule has 1 rings (SSSR count). The van der Waals surface area contributed by atoms with Gasteiger partial charge < -0.3 is 15.2 Å². The van der Waals surface area contributed by atoms with Gasteiger partial charge in [0.2, 0.25) is 5.91 Å². The maximum atomic E-state index is 11.7. The lowest BCUT2D eigenvalue weighted by Gasteiger charge is -2.08. The second kappa shape index (κ2) is 9.23. The summed E-state index contributed by atoms with van der Waals surface area (Å²) in [6, 6.07) is 5.14. The standard InChI is InChI=1S/C16H25NO3/c1-3-4-5-6-7-8-16(19)17-12-13-9-10-15(20-2)14(18)11-13/h9-11,18H,3-8,12H2,1-2H3,(H,17,19). The molecule has 0 fully saturated rings. The number of benzene rings is 1. The molecule has 2 N–H and O–H groups in total. The third-order valence-electron chi connectivity index (χ3n) is 3.24. The van der Waals surface area contributed by atoms with Crippen molar-refractivity contribution in [2.45, 2.75) is 52.0 Å². The predicted octanol–water partition coefficient (Wildman–Crippen LogP) is 3.38. The van der Waals surface area contributed by atoms with Crippen molar-refractivity contribution in [1.29, 1.82) is 0 Å². The van der Waals surface area contributed by atoms with Crippen molar-refractivity contribution < 1.29 is 14.6 Å². The molecule has 0 bridgehead atoms. The summed E-state index contributed by atoms with van der Waals surface area (Å²) in [5.74, 6) is 0.603. The Labute approximate surface area is 121 Å². The molecule has 0 heterocycles. The summed E-state index contributed by atoms with van der Waals surface area (Å²) in [5.41, 5.74) is 0.864. The summed E-state index contributed by atoms with van der Waals surface area (Å²) >= 11 is 0. The molecular weight excluding hydrogens is 254 g/mol. The average molecular weight is 279 g/mol. The first-order chi connectivity index (χ1) is 9.67. The molecule has 0 atom stereocenters. The van der Waals surface area contributed by atoms with E-state index in [1.54, 1.807) is 12.1 Å². The van der Waals surface area contributed by atoms with E-state index in [1.165, 1.54) is 26.4 Å². The van der Waals surface area contributed by atoms with Crippen LogP contribution in [0.5, 0.6) is 11.5 Å². The second-order valence-corrected chi connectivity index (χ2v) is 4.95. The van der Waals surface area contributed by atoms with Crippen molar-refractivity contribution in [1.82, 2.24) is 5.32 Å². The molecule has 4 nitrogen and oxygen atoms in total. The van der Waals surface area contributed by atoms with Crippen LogP contribution in [0, 0.1) is 0 Å². The van der Waals surface area contributed by atoms with Crippen molar-refractivity contribution in [2.24, 2.45) is 0 Å². The molecule has 0 unspecified atom stereocenters. The molecule has 1 aromatic rings. The zero-order valence-corrected chi connectivity index (χ0v) is 12.4. The highest BCUT2D eigenvalue weighted by molar-refractivity contribution is 5.75. The Morgan fingerprint density at radius 3 is 2.65 bits per heavy atom. The van der Waals surface area contributed by atoms with E-state index >= 15 is 0 Å². The van der Waals surface area contributed by atoms with Crippen molar-refractivity contribution in [3.05, 3.63) is 23.8 Å². The summed E-state index contributed by atoms with van der Waals surface area (Å²) < 4.78 is 4.97. The number of phenolic OH excluding ortho intramolecular Hbond substituents is 1. The average Bonchev–Trinajstić information content (AvgIpc) is 2.45. The smallest absolute Gasteiger partial charge is 0.220 e. The Morgan fingerprint density at radius 2 is 2.00 bits per heavy atom. The number of hydrogen-bond donors (Lipinski definition) is 2. The zero-order chi connectivity index (χ0) is 14.8. The highest BCUT2D eigenvalue weighted by atomic mass is 16.5. The first kappa shape index (κ1) is 16.3. The van der Waals surface area contributed by atoms with Crippen LogP contribution in [0.4, 0.5) is 0 Å². The van der Waals surface area contributed by atoms with E-state index in [-0.39, 0.29) is 11.7 Å². The Balaban J connectivity index is 2.25. The number of nitrogens with one attached hydrogen (secondary N) is 1. The number of aromatic hydroxyl groups is 1. The largest absolute Gasteiger partial charge is 0.504 e. The van der Waals surface area contributed by atoms with Crippen molar-refractivity contribution in [2.75, 3.05) is 7.11 Å². The summed E-state index contributed by atoms with van der Waals surface area (Å²) in [7, 11) is 1.51.